The molecule has 0 bridgehead atoms. The molecule has 0 unspecified atom stereocenters. The predicted octanol–water partition coefficient (Wildman–Crippen LogP) is 0.985. The van der Waals surface area contributed by atoms with E-state index in [1.54, 1.807) is 12.3 Å². The van der Waals surface area contributed by atoms with Gasteiger partial charge in [0, 0.05) is 6.20 Å². The summed E-state index contributed by atoms with van der Waals surface area (Å²) in [5.74, 6) is -1.09. The van der Waals surface area contributed by atoms with Crippen molar-refractivity contribution in [3.63, 3.8) is 0 Å². The number of aromatic nitrogens is 1. The Hall–Kier alpha value is -2.11. The van der Waals surface area contributed by atoms with Crippen LogP contribution < -0.4 is 10.6 Å². The Morgan fingerprint density at radius 2 is 2.12 bits per heavy atom. The van der Waals surface area contributed by atoms with Crippen LogP contribution in [-0.2, 0) is 4.79 Å². The van der Waals surface area contributed by atoms with Gasteiger partial charge < -0.3 is 15.7 Å². The van der Waals surface area contributed by atoms with Gasteiger partial charge in [-0.25, -0.2) is 4.79 Å². The first-order chi connectivity index (χ1) is 7.49. The third kappa shape index (κ3) is 3.56. The van der Waals surface area contributed by atoms with Gasteiger partial charge in [0.1, 0.15) is 6.04 Å². The van der Waals surface area contributed by atoms with E-state index in [0.717, 1.165) is 5.56 Å². The molecule has 0 fully saturated rings. The lowest BCUT2D eigenvalue weighted by molar-refractivity contribution is -0.138. The van der Waals surface area contributed by atoms with E-state index in [-0.39, 0.29) is 0 Å². The summed E-state index contributed by atoms with van der Waals surface area (Å²) in [6.45, 7) is 3.23. The number of aryl methyl sites for hydroxylation is 1. The molecule has 0 spiro atoms. The molecule has 0 aliphatic carbocycles. The zero-order chi connectivity index (χ0) is 12.1. The minimum absolute atomic E-state index is 0.523. The summed E-state index contributed by atoms with van der Waals surface area (Å²) >= 11 is 0. The van der Waals surface area contributed by atoms with Crippen molar-refractivity contribution in [1.29, 1.82) is 0 Å². The fourth-order valence-corrected chi connectivity index (χ4v) is 1.05. The molecular formula is C10H13N3O3. The van der Waals surface area contributed by atoms with Gasteiger partial charge in [-0.3, -0.25) is 9.78 Å². The molecule has 1 aromatic rings. The lowest BCUT2D eigenvalue weighted by atomic mass is 10.3. The second-order valence-corrected chi connectivity index (χ2v) is 3.41. The van der Waals surface area contributed by atoms with Crippen molar-refractivity contribution in [2.75, 3.05) is 5.32 Å². The summed E-state index contributed by atoms with van der Waals surface area (Å²) in [5, 5.41) is 13.3. The van der Waals surface area contributed by atoms with Crippen molar-refractivity contribution in [2.45, 2.75) is 19.9 Å². The molecule has 86 valence electrons. The van der Waals surface area contributed by atoms with E-state index in [2.05, 4.69) is 15.6 Å². The maximum Gasteiger partial charge on any atom is 0.325 e. The molecule has 16 heavy (non-hydrogen) atoms. The average molecular weight is 223 g/mol. The van der Waals surface area contributed by atoms with Gasteiger partial charge in [-0.1, -0.05) is 0 Å². The molecule has 0 aliphatic heterocycles. The number of hydrogen-bond acceptors (Lipinski definition) is 3. The van der Waals surface area contributed by atoms with E-state index in [1.807, 2.05) is 6.92 Å². The normalized spacial score (nSPS) is 11.6. The summed E-state index contributed by atoms with van der Waals surface area (Å²) in [7, 11) is 0. The molecule has 1 atom stereocenters. The second kappa shape index (κ2) is 5.11. The van der Waals surface area contributed by atoms with Crippen LogP contribution in [0.25, 0.3) is 0 Å². The Morgan fingerprint density at radius 3 is 2.69 bits per heavy atom. The number of carbonyl (C=O) groups excluding carboxylic acids is 1. The monoisotopic (exact) mass is 223 g/mol. The molecule has 6 heteroatoms. The molecule has 3 N–H and O–H groups in total. The molecular weight excluding hydrogens is 210 g/mol. The summed E-state index contributed by atoms with van der Waals surface area (Å²) in [6.07, 6.45) is 3.14. The lowest BCUT2D eigenvalue weighted by Crippen LogP contribution is -2.40. The quantitative estimate of drug-likeness (QED) is 0.712. The Bertz CT molecular complexity index is 406. The summed E-state index contributed by atoms with van der Waals surface area (Å²) in [5.41, 5.74) is 1.43. The number of carboxylic acid groups (broad SMARTS) is 1. The van der Waals surface area contributed by atoms with Crippen LogP contribution in [0.5, 0.6) is 0 Å². The van der Waals surface area contributed by atoms with Gasteiger partial charge in [0.25, 0.3) is 0 Å². The topological polar surface area (TPSA) is 91.3 Å². The number of carboxylic acids is 1. The fraction of sp³-hybridized carbons (Fsp3) is 0.300. The van der Waals surface area contributed by atoms with E-state index in [1.165, 1.54) is 13.1 Å². The van der Waals surface area contributed by atoms with Crippen LogP contribution >= 0.6 is 0 Å². The Morgan fingerprint density at radius 1 is 1.44 bits per heavy atom. The number of carbonyl (C=O) groups is 2. The van der Waals surface area contributed by atoms with Gasteiger partial charge in [0.2, 0.25) is 0 Å². The van der Waals surface area contributed by atoms with Gasteiger partial charge >= 0.3 is 12.0 Å². The first-order valence-corrected chi connectivity index (χ1v) is 4.71. The van der Waals surface area contributed by atoms with Crippen molar-refractivity contribution in [3.8, 4) is 0 Å². The number of pyridine rings is 1. The van der Waals surface area contributed by atoms with Gasteiger partial charge in [0.15, 0.2) is 0 Å². The average Bonchev–Trinajstić information content (AvgIpc) is 2.16. The van der Waals surface area contributed by atoms with E-state index in [9.17, 15) is 9.59 Å². The maximum atomic E-state index is 11.3. The highest BCUT2D eigenvalue weighted by Crippen LogP contribution is 2.06. The first kappa shape index (κ1) is 12.0. The van der Waals surface area contributed by atoms with Crippen LogP contribution in [-0.4, -0.2) is 28.1 Å². The summed E-state index contributed by atoms with van der Waals surface area (Å²) in [4.78, 5) is 25.7. The molecule has 1 rings (SSSR count). The van der Waals surface area contributed by atoms with Crippen LogP contribution in [0.4, 0.5) is 10.5 Å². The van der Waals surface area contributed by atoms with Gasteiger partial charge in [-0.05, 0) is 25.5 Å². The molecule has 0 radical (unpaired) electrons. The molecule has 1 aromatic heterocycles. The van der Waals surface area contributed by atoms with E-state index < -0.39 is 18.0 Å². The number of amides is 2. The minimum atomic E-state index is -1.09. The van der Waals surface area contributed by atoms with Crippen LogP contribution in [0.3, 0.4) is 0 Å². The van der Waals surface area contributed by atoms with Crippen LogP contribution in [0, 0.1) is 6.92 Å². The van der Waals surface area contributed by atoms with Crippen molar-refractivity contribution in [1.82, 2.24) is 10.3 Å². The third-order valence-electron chi connectivity index (χ3n) is 1.85. The lowest BCUT2D eigenvalue weighted by Gasteiger charge is -2.10. The second-order valence-electron chi connectivity index (χ2n) is 3.41. The SMILES string of the molecule is Cc1cncc(NC(=O)N[C@H](C)C(=O)O)c1. The minimum Gasteiger partial charge on any atom is -0.480 e. The van der Waals surface area contributed by atoms with Crippen molar-refractivity contribution in [2.24, 2.45) is 0 Å². The Labute approximate surface area is 92.7 Å². The Kier molecular flexibility index (Phi) is 3.82. The highest BCUT2D eigenvalue weighted by atomic mass is 16.4. The maximum absolute atomic E-state index is 11.3. The molecule has 6 nitrogen and oxygen atoms in total. The highest BCUT2D eigenvalue weighted by molar-refractivity contribution is 5.91. The number of urea groups is 1. The van der Waals surface area contributed by atoms with Crippen LogP contribution in [0.1, 0.15) is 12.5 Å². The summed E-state index contributed by atoms with van der Waals surface area (Å²) < 4.78 is 0. The van der Waals surface area contributed by atoms with E-state index >= 15 is 0 Å². The Balaban J connectivity index is 2.55. The van der Waals surface area contributed by atoms with E-state index in [0.29, 0.717) is 5.69 Å². The number of nitrogens with zero attached hydrogens (tertiary/aromatic N) is 1. The smallest absolute Gasteiger partial charge is 0.325 e. The standard InChI is InChI=1S/C10H13N3O3/c1-6-3-8(5-11-4-6)13-10(16)12-7(2)9(14)15/h3-5,7H,1-2H3,(H,14,15)(H2,12,13,16)/t7-/m1/s1. The number of aliphatic carboxylic acids is 1. The van der Waals surface area contributed by atoms with Crippen LogP contribution in [0.2, 0.25) is 0 Å². The van der Waals surface area contributed by atoms with Gasteiger partial charge in [0.05, 0.1) is 11.9 Å². The molecule has 0 aliphatic rings. The largest absolute Gasteiger partial charge is 0.480 e. The van der Waals surface area contributed by atoms with Crippen molar-refractivity contribution in [3.05, 3.63) is 24.0 Å². The fourth-order valence-electron chi connectivity index (χ4n) is 1.05. The van der Waals surface area contributed by atoms with Gasteiger partial charge in [-0.2, -0.15) is 0 Å². The third-order valence-corrected chi connectivity index (χ3v) is 1.85. The molecule has 1 heterocycles. The van der Waals surface area contributed by atoms with Gasteiger partial charge in [-0.15, -0.1) is 0 Å². The number of nitrogens with one attached hydrogen (secondary N) is 2. The number of rotatable bonds is 3. The first-order valence-electron chi connectivity index (χ1n) is 4.71. The number of anilines is 1. The van der Waals surface area contributed by atoms with E-state index in [4.69, 9.17) is 5.11 Å². The van der Waals surface area contributed by atoms with Crippen molar-refractivity contribution < 1.29 is 14.7 Å². The zero-order valence-corrected chi connectivity index (χ0v) is 9.02. The number of hydrogen-bond donors (Lipinski definition) is 3. The summed E-state index contributed by atoms with van der Waals surface area (Å²) in [6, 6.07) is 0.234. The molecule has 0 saturated heterocycles. The molecule has 0 saturated carbocycles. The van der Waals surface area contributed by atoms with Crippen LogP contribution in [0.15, 0.2) is 18.5 Å². The zero-order valence-electron chi connectivity index (χ0n) is 9.02. The van der Waals surface area contributed by atoms with Crippen molar-refractivity contribution >= 4 is 17.7 Å². The molecule has 0 aromatic carbocycles. The predicted molar refractivity (Wildman–Crippen MR) is 58.2 cm³/mol. The molecule has 2 amide bonds. The highest BCUT2D eigenvalue weighted by Gasteiger charge is 2.13.